The highest BCUT2D eigenvalue weighted by Gasteiger charge is 2.04. The van der Waals surface area contributed by atoms with Gasteiger partial charge in [0, 0.05) is 5.57 Å². The Morgan fingerprint density at radius 1 is 0.741 bits per heavy atom. The highest BCUT2D eigenvalue weighted by atomic mass is 16.4. The molecule has 1 N–H and O–H groups in total. The smallest absolute Gasteiger partial charge is 0.330 e. The Kier molecular flexibility index (Phi) is 22.6. The Morgan fingerprint density at radius 2 is 1.07 bits per heavy atom. The van der Waals surface area contributed by atoms with Crippen LogP contribution in [0.1, 0.15) is 137 Å². The van der Waals surface area contributed by atoms with Crippen LogP contribution in [-0.4, -0.2) is 11.1 Å². The molecule has 0 aliphatic rings. The predicted molar refractivity (Wildman–Crippen MR) is 121 cm³/mol. The van der Waals surface area contributed by atoms with Crippen LogP contribution in [0.4, 0.5) is 0 Å². The normalized spacial score (nSPS) is 12.6. The van der Waals surface area contributed by atoms with Gasteiger partial charge in [-0.05, 0) is 19.3 Å². The lowest BCUT2D eigenvalue weighted by Gasteiger charge is -2.07. The van der Waals surface area contributed by atoms with Crippen LogP contribution < -0.4 is 0 Å². The largest absolute Gasteiger partial charge is 0.478 e. The third kappa shape index (κ3) is 21.4. The van der Waals surface area contributed by atoms with E-state index in [1.807, 2.05) is 6.08 Å². The van der Waals surface area contributed by atoms with Crippen LogP contribution in [0.5, 0.6) is 0 Å². The molecule has 0 radical (unpaired) electrons. The summed E-state index contributed by atoms with van der Waals surface area (Å²) in [6.07, 6.45) is 25.3. The number of hydrogen-bond acceptors (Lipinski definition) is 1. The van der Waals surface area contributed by atoms with E-state index in [2.05, 4.69) is 13.8 Å². The van der Waals surface area contributed by atoms with Crippen LogP contribution in [0.15, 0.2) is 11.6 Å². The van der Waals surface area contributed by atoms with Gasteiger partial charge < -0.3 is 5.11 Å². The lowest BCUT2D eigenvalue weighted by atomic mass is 9.99. The van der Waals surface area contributed by atoms with Crippen molar-refractivity contribution in [1.29, 1.82) is 0 Å². The standard InChI is InChI=1S/C24H46O2.CH4/c1-4-5-6-7-8-9-10-11-12-13-14-15-16-17-18-19-20-22(2)21-23(3)24(25)26;/h21-22H,4-20H2,1-3H3,(H,25,26);1H4/b23-21+;/t22-;/m1./s1. The fraction of sp³-hybridized carbons (Fsp3) is 0.880. The van der Waals surface area contributed by atoms with E-state index in [0.29, 0.717) is 11.5 Å². The lowest BCUT2D eigenvalue weighted by molar-refractivity contribution is -0.132. The van der Waals surface area contributed by atoms with Gasteiger partial charge in [0.2, 0.25) is 0 Å². The summed E-state index contributed by atoms with van der Waals surface area (Å²) in [6, 6.07) is 0. The molecule has 0 aromatic rings. The van der Waals surface area contributed by atoms with Gasteiger partial charge in [-0.3, -0.25) is 0 Å². The van der Waals surface area contributed by atoms with Crippen molar-refractivity contribution in [2.24, 2.45) is 5.92 Å². The Morgan fingerprint density at radius 3 is 1.41 bits per heavy atom. The van der Waals surface area contributed by atoms with Gasteiger partial charge in [-0.15, -0.1) is 0 Å². The van der Waals surface area contributed by atoms with Gasteiger partial charge >= 0.3 is 5.97 Å². The molecule has 0 aromatic heterocycles. The molecule has 0 spiro atoms. The second-order valence-electron chi connectivity index (χ2n) is 8.22. The first-order chi connectivity index (χ1) is 12.6. The highest BCUT2D eigenvalue weighted by Crippen LogP contribution is 2.16. The molecule has 0 saturated carbocycles. The molecule has 1 atom stereocenters. The third-order valence-electron chi connectivity index (χ3n) is 5.38. The Labute approximate surface area is 171 Å². The highest BCUT2D eigenvalue weighted by molar-refractivity contribution is 5.85. The molecule has 0 saturated heterocycles. The van der Waals surface area contributed by atoms with Gasteiger partial charge in [-0.1, -0.05) is 130 Å². The average Bonchev–Trinajstić information content (AvgIpc) is 2.61. The summed E-state index contributed by atoms with van der Waals surface area (Å²) in [5, 5.41) is 8.88. The molecule has 0 rings (SSSR count). The number of hydrogen-bond donors (Lipinski definition) is 1. The summed E-state index contributed by atoms with van der Waals surface area (Å²) in [5.74, 6) is -0.401. The number of allylic oxidation sites excluding steroid dienone is 1. The van der Waals surface area contributed by atoms with E-state index < -0.39 is 5.97 Å². The Balaban J connectivity index is 0. The summed E-state index contributed by atoms with van der Waals surface area (Å²) in [4.78, 5) is 10.8. The zero-order valence-electron chi connectivity index (χ0n) is 18.0. The first-order valence-electron chi connectivity index (χ1n) is 11.5. The van der Waals surface area contributed by atoms with Gasteiger partial charge in [0.1, 0.15) is 0 Å². The zero-order valence-corrected chi connectivity index (χ0v) is 18.0. The van der Waals surface area contributed by atoms with Crippen LogP contribution >= 0.6 is 0 Å². The Bertz CT molecular complexity index is 346. The first kappa shape index (κ1) is 28.4. The molecule has 0 heterocycles. The van der Waals surface area contributed by atoms with E-state index in [-0.39, 0.29) is 7.43 Å². The van der Waals surface area contributed by atoms with Gasteiger partial charge in [0.15, 0.2) is 0 Å². The predicted octanol–water partition coefficient (Wildman–Crippen LogP) is 8.94. The zero-order chi connectivity index (χ0) is 19.5. The number of carbonyl (C=O) groups is 1. The van der Waals surface area contributed by atoms with Crippen molar-refractivity contribution in [1.82, 2.24) is 0 Å². The van der Waals surface area contributed by atoms with Crippen molar-refractivity contribution >= 4 is 5.97 Å². The van der Waals surface area contributed by atoms with Crippen molar-refractivity contribution in [2.45, 2.75) is 137 Å². The number of carboxylic acids is 1. The molecule has 0 aliphatic heterocycles. The summed E-state index contributed by atoms with van der Waals surface area (Å²) in [5.41, 5.74) is 0.481. The van der Waals surface area contributed by atoms with Gasteiger partial charge in [0.25, 0.3) is 0 Å². The monoisotopic (exact) mass is 382 g/mol. The molecular weight excluding hydrogens is 332 g/mol. The SMILES string of the molecule is C.CCCCCCCCCCCCCCCCCC[C@@H](C)/C=C(\C)C(=O)O. The van der Waals surface area contributed by atoms with Crippen LogP contribution in [0, 0.1) is 5.92 Å². The molecule has 0 fully saturated rings. The van der Waals surface area contributed by atoms with Gasteiger partial charge in [-0.2, -0.15) is 0 Å². The summed E-state index contributed by atoms with van der Waals surface area (Å²) >= 11 is 0. The number of carboxylic acid groups (broad SMARTS) is 1. The molecule has 0 unspecified atom stereocenters. The second-order valence-corrected chi connectivity index (χ2v) is 8.22. The van der Waals surface area contributed by atoms with Crippen molar-refractivity contribution in [3.05, 3.63) is 11.6 Å². The van der Waals surface area contributed by atoms with E-state index >= 15 is 0 Å². The maximum Gasteiger partial charge on any atom is 0.330 e. The minimum atomic E-state index is -0.788. The number of unbranched alkanes of at least 4 members (excludes halogenated alkanes) is 15. The maximum absolute atomic E-state index is 10.8. The fourth-order valence-corrected chi connectivity index (χ4v) is 3.60. The van der Waals surface area contributed by atoms with Crippen molar-refractivity contribution in [2.75, 3.05) is 0 Å². The number of rotatable bonds is 19. The summed E-state index contributed by atoms with van der Waals surface area (Å²) in [7, 11) is 0. The first-order valence-corrected chi connectivity index (χ1v) is 11.5. The van der Waals surface area contributed by atoms with Gasteiger partial charge in [-0.25, -0.2) is 4.79 Å². The quantitative estimate of drug-likeness (QED) is 0.179. The topological polar surface area (TPSA) is 37.3 Å². The molecule has 27 heavy (non-hydrogen) atoms. The minimum Gasteiger partial charge on any atom is -0.478 e. The summed E-state index contributed by atoms with van der Waals surface area (Å²) < 4.78 is 0. The molecule has 2 nitrogen and oxygen atoms in total. The molecular formula is C25H50O2. The molecule has 162 valence electrons. The molecule has 0 amide bonds. The minimum absolute atomic E-state index is 0. The van der Waals surface area contributed by atoms with Crippen LogP contribution in [0.3, 0.4) is 0 Å². The third-order valence-corrected chi connectivity index (χ3v) is 5.38. The fourth-order valence-electron chi connectivity index (χ4n) is 3.60. The van der Waals surface area contributed by atoms with Crippen LogP contribution in [-0.2, 0) is 4.79 Å². The van der Waals surface area contributed by atoms with Crippen molar-refractivity contribution in [3.8, 4) is 0 Å². The van der Waals surface area contributed by atoms with E-state index in [4.69, 9.17) is 5.11 Å². The lowest BCUT2D eigenvalue weighted by Crippen LogP contribution is -1.99. The average molecular weight is 383 g/mol. The molecule has 0 bridgehead atoms. The maximum atomic E-state index is 10.8. The van der Waals surface area contributed by atoms with Crippen LogP contribution in [0.25, 0.3) is 0 Å². The number of aliphatic carboxylic acids is 1. The van der Waals surface area contributed by atoms with E-state index in [1.54, 1.807) is 6.92 Å². The molecule has 0 aromatic carbocycles. The van der Waals surface area contributed by atoms with E-state index in [9.17, 15) is 4.79 Å². The van der Waals surface area contributed by atoms with E-state index in [1.165, 1.54) is 103 Å². The van der Waals surface area contributed by atoms with Crippen molar-refractivity contribution < 1.29 is 9.90 Å². The second kappa shape index (κ2) is 21.5. The van der Waals surface area contributed by atoms with Crippen molar-refractivity contribution in [3.63, 3.8) is 0 Å². The van der Waals surface area contributed by atoms with Crippen LogP contribution in [0.2, 0.25) is 0 Å². The van der Waals surface area contributed by atoms with Gasteiger partial charge in [0.05, 0.1) is 0 Å². The summed E-state index contributed by atoms with van der Waals surface area (Å²) in [6.45, 7) is 6.09. The molecule has 0 aliphatic carbocycles. The Hall–Kier alpha value is -0.790. The molecule has 2 heteroatoms. The van der Waals surface area contributed by atoms with E-state index in [0.717, 1.165) is 6.42 Å².